The van der Waals surface area contributed by atoms with Crippen LogP contribution in [0.2, 0.25) is 0 Å². The summed E-state index contributed by atoms with van der Waals surface area (Å²) in [6, 6.07) is -0.666. The van der Waals surface area contributed by atoms with E-state index in [9.17, 15) is 4.79 Å². The molecule has 0 saturated heterocycles. The lowest BCUT2D eigenvalue weighted by Crippen LogP contribution is -2.34. The quantitative estimate of drug-likeness (QED) is 0.668. The summed E-state index contributed by atoms with van der Waals surface area (Å²) in [7, 11) is 0. The predicted octanol–water partition coefficient (Wildman–Crippen LogP) is 1.22. The summed E-state index contributed by atoms with van der Waals surface area (Å²) < 4.78 is 0. The van der Waals surface area contributed by atoms with Crippen molar-refractivity contribution in [3.05, 3.63) is 0 Å². The Bertz CT molecular complexity index is 166. The molecule has 2 unspecified atom stereocenters. The number of hydrogen-bond acceptors (Lipinski definition) is 2. The fourth-order valence-electron chi connectivity index (χ4n) is 1.70. The van der Waals surface area contributed by atoms with E-state index in [0.717, 1.165) is 5.92 Å². The van der Waals surface area contributed by atoms with Gasteiger partial charge in [-0.1, -0.05) is 26.2 Å². The molecular formula is C9H17NO2. The molecule has 0 spiro atoms. The Balaban J connectivity index is 2.24. The Morgan fingerprint density at radius 2 is 2.25 bits per heavy atom. The van der Waals surface area contributed by atoms with E-state index in [2.05, 4.69) is 6.92 Å². The Morgan fingerprint density at radius 1 is 1.67 bits per heavy atom. The number of carboxylic acid groups (broad SMARTS) is 1. The number of rotatable bonds is 4. The van der Waals surface area contributed by atoms with Gasteiger partial charge in [-0.3, -0.25) is 4.79 Å². The average Bonchev–Trinajstić information content (AvgIpc) is 1.82. The van der Waals surface area contributed by atoms with Gasteiger partial charge in [0, 0.05) is 0 Å². The summed E-state index contributed by atoms with van der Waals surface area (Å²) in [6.07, 6.45) is 4.44. The van der Waals surface area contributed by atoms with E-state index in [1.54, 1.807) is 0 Å². The molecule has 3 heteroatoms. The Kier molecular flexibility index (Phi) is 3.09. The van der Waals surface area contributed by atoms with Gasteiger partial charge in [0.05, 0.1) is 0 Å². The van der Waals surface area contributed by atoms with Gasteiger partial charge in [0.25, 0.3) is 0 Å². The number of carboxylic acids is 1. The molecule has 0 aromatic heterocycles. The zero-order chi connectivity index (χ0) is 9.14. The third kappa shape index (κ3) is 2.21. The van der Waals surface area contributed by atoms with E-state index < -0.39 is 12.0 Å². The molecule has 3 nitrogen and oxygen atoms in total. The van der Waals surface area contributed by atoms with Crippen molar-refractivity contribution >= 4 is 5.97 Å². The van der Waals surface area contributed by atoms with Crippen LogP contribution in [0.1, 0.15) is 32.6 Å². The summed E-state index contributed by atoms with van der Waals surface area (Å²) in [6.45, 7) is 2.10. The topological polar surface area (TPSA) is 63.3 Å². The van der Waals surface area contributed by atoms with Crippen LogP contribution < -0.4 is 5.73 Å². The molecule has 0 heterocycles. The van der Waals surface area contributed by atoms with Crippen LogP contribution in [-0.2, 0) is 4.79 Å². The molecule has 12 heavy (non-hydrogen) atoms. The third-order valence-corrected chi connectivity index (χ3v) is 2.90. The normalized spacial score (nSPS) is 22.8. The first kappa shape index (κ1) is 9.52. The fourth-order valence-corrected chi connectivity index (χ4v) is 1.70. The zero-order valence-electron chi connectivity index (χ0n) is 7.49. The van der Waals surface area contributed by atoms with Crippen LogP contribution >= 0.6 is 0 Å². The van der Waals surface area contributed by atoms with Crippen molar-refractivity contribution in [2.24, 2.45) is 17.6 Å². The number of carbonyl (C=O) groups is 1. The van der Waals surface area contributed by atoms with E-state index in [4.69, 9.17) is 10.8 Å². The lowest BCUT2D eigenvalue weighted by atomic mass is 9.74. The van der Waals surface area contributed by atoms with Crippen LogP contribution in [0.5, 0.6) is 0 Å². The molecule has 0 bridgehead atoms. The number of nitrogens with two attached hydrogens (primary N) is 1. The lowest BCUT2D eigenvalue weighted by molar-refractivity contribution is -0.139. The largest absolute Gasteiger partial charge is 0.480 e. The van der Waals surface area contributed by atoms with Gasteiger partial charge in [0.1, 0.15) is 6.04 Å². The Hall–Kier alpha value is -0.570. The molecule has 1 aliphatic rings. The van der Waals surface area contributed by atoms with Crippen molar-refractivity contribution < 1.29 is 9.90 Å². The first-order valence-electron chi connectivity index (χ1n) is 4.59. The maximum absolute atomic E-state index is 10.4. The fraction of sp³-hybridized carbons (Fsp3) is 0.889. The number of hydrogen-bond donors (Lipinski definition) is 2. The van der Waals surface area contributed by atoms with Crippen LogP contribution in [0.4, 0.5) is 0 Å². The second-order valence-corrected chi connectivity index (χ2v) is 3.85. The Morgan fingerprint density at radius 3 is 2.58 bits per heavy atom. The van der Waals surface area contributed by atoms with Crippen molar-refractivity contribution in [2.75, 3.05) is 0 Å². The van der Waals surface area contributed by atoms with Gasteiger partial charge in [0.15, 0.2) is 0 Å². The van der Waals surface area contributed by atoms with E-state index >= 15 is 0 Å². The summed E-state index contributed by atoms with van der Waals surface area (Å²) in [4.78, 5) is 10.4. The van der Waals surface area contributed by atoms with Crippen LogP contribution in [0.15, 0.2) is 0 Å². The van der Waals surface area contributed by atoms with Gasteiger partial charge in [-0.15, -0.1) is 0 Å². The molecule has 1 saturated carbocycles. The summed E-state index contributed by atoms with van der Waals surface area (Å²) in [5.41, 5.74) is 5.43. The minimum atomic E-state index is -0.874. The third-order valence-electron chi connectivity index (χ3n) is 2.90. The average molecular weight is 171 g/mol. The van der Waals surface area contributed by atoms with Gasteiger partial charge in [0.2, 0.25) is 0 Å². The summed E-state index contributed by atoms with van der Waals surface area (Å²) in [5, 5.41) is 8.58. The van der Waals surface area contributed by atoms with Gasteiger partial charge in [-0.05, 0) is 18.3 Å². The second kappa shape index (κ2) is 3.90. The van der Waals surface area contributed by atoms with Crippen LogP contribution in [-0.4, -0.2) is 17.1 Å². The van der Waals surface area contributed by atoms with E-state index in [-0.39, 0.29) is 0 Å². The standard InChI is InChI=1S/C9H17NO2/c1-6(7-3-2-4-7)5-8(10)9(11)12/h6-8H,2-5,10H2,1H3,(H,11,12). The maximum atomic E-state index is 10.4. The highest BCUT2D eigenvalue weighted by atomic mass is 16.4. The van der Waals surface area contributed by atoms with E-state index in [1.165, 1.54) is 19.3 Å². The van der Waals surface area contributed by atoms with E-state index in [1.807, 2.05) is 0 Å². The number of aliphatic carboxylic acids is 1. The molecule has 0 amide bonds. The molecule has 0 radical (unpaired) electrons. The molecule has 1 rings (SSSR count). The summed E-state index contributed by atoms with van der Waals surface area (Å²) in [5.74, 6) is 0.335. The molecule has 0 aromatic carbocycles. The minimum Gasteiger partial charge on any atom is -0.480 e. The van der Waals surface area contributed by atoms with Crippen molar-refractivity contribution in [3.63, 3.8) is 0 Å². The lowest BCUT2D eigenvalue weighted by Gasteiger charge is -2.32. The van der Waals surface area contributed by atoms with Gasteiger partial charge >= 0.3 is 5.97 Å². The van der Waals surface area contributed by atoms with Crippen molar-refractivity contribution in [1.29, 1.82) is 0 Å². The van der Waals surface area contributed by atoms with Crippen LogP contribution in [0.3, 0.4) is 0 Å². The van der Waals surface area contributed by atoms with Gasteiger partial charge in [-0.2, -0.15) is 0 Å². The molecule has 1 aliphatic carbocycles. The highest BCUT2D eigenvalue weighted by Crippen LogP contribution is 2.35. The van der Waals surface area contributed by atoms with Gasteiger partial charge in [-0.25, -0.2) is 0 Å². The molecule has 0 aromatic rings. The first-order valence-corrected chi connectivity index (χ1v) is 4.59. The molecule has 70 valence electrons. The van der Waals surface area contributed by atoms with E-state index in [0.29, 0.717) is 12.3 Å². The molecular weight excluding hydrogens is 154 g/mol. The van der Waals surface area contributed by atoms with Crippen LogP contribution in [0, 0.1) is 11.8 Å². The van der Waals surface area contributed by atoms with Crippen molar-refractivity contribution in [3.8, 4) is 0 Å². The first-order chi connectivity index (χ1) is 5.61. The maximum Gasteiger partial charge on any atom is 0.320 e. The molecule has 0 aliphatic heterocycles. The predicted molar refractivity (Wildman–Crippen MR) is 46.7 cm³/mol. The molecule has 3 N–H and O–H groups in total. The Labute approximate surface area is 72.9 Å². The van der Waals surface area contributed by atoms with Crippen molar-refractivity contribution in [1.82, 2.24) is 0 Å². The SMILES string of the molecule is CC(CC(N)C(=O)O)C1CCC1. The zero-order valence-corrected chi connectivity index (χ0v) is 7.49. The monoisotopic (exact) mass is 171 g/mol. The minimum absolute atomic E-state index is 0.477. The highest BCUT2D eigenvalue weighted by Gasteiger charge is 2.26. The second-order valence-electron chi connectivity index (χ2n) is 3.85. The molecule has 2 atom stereocenters. The van der Waals surface area contributed by atoms with Crippen LogP contribution in [0.25, 0.3) is 0 Å². The van der Waals surface area contributed by atoms with Crippen molar-refractivity contribution in [2.45, 2.75) is 38.6 Å². The summed E-state index contributed by atoms with van der Waals surface area (Å²) >= 11 is 0. The smallest absolute Gasteiger partial charge is 0.320 e. The highest BCUT2D eigenvalue weighted by molar-refractivity contribution is 5.73. The van der Waals surface area contributed by atoms with Gasteiger partial charge < -0.3 is 10.8 Å². The molecule has 1 fully saturated rings.